The maximum absolute atomic E-state index is 11.1. The maximum Gasteiger partial charge on any atom is 0.335 e. The fourth-order valence-electron chi connectivity index (χ4n) is 3.71. The fraction of sp³-hybridized carbons (Fsp3) is 0.333. The third kappa shape index (κ3) is 6.42. The number of hydrogen-bond acceptors (Lipinski definition) is 3. The number of ether oxygens (including phenoxy) is 1. The van der Waals surface area contributed by atoms with Crippen LogP contribution in [0.1, 0.15) is 56.2 Å². The molecule has 0 spiro atoms. The number of benzene rings is 2. The predicted octanol–water partition coefficient (Wildman–Crippen LogP) is 6.29. The van der Waals surface area contributed by atoms with Crippen LogP contribution in [-0.4, -0.2) is 23.7 Å². The van der Waals surface area contributed by atoms with Crippen molar-refractivity contribution in [2.75, 3.05) is 6.61 Å². The number of rotatable bonds is 9. The molecule has 3 rings (SSSR count). The fourth-order valence-corrected chi connectivity index (χ4v) is 3.71. The lowest BCUT2D eigenvalue weighted by Crippen LogP contribution is -2.12. The minimum absolute atomic E-state index is 0.166. The van der Waals surface area contributed by atoms with Crippen molar-refractivity contribution in [2.24, 2.45) is 5.92 Å². The van der Waals surface area contributed by atoms with Crippen LogP contribution in [0.25, 0.3) is 16.7 Å². The molecule has 1 atom stereocenters. The molecular formula is C27H32O4. The molecule has 2 aromatic rings. The predicted molar refractivity (Wildman–Crippen MR) is 126 cm³/mol. The summed E-state index contributed by atoms with van der Waals surface area (Å²) in [6.45, 7) is 11.9. The summed E-state index contributed by atoms with van der Waals surface area (Å²) in [6, 6.07) is 13.9. The highest BCUT2D eigenvalue weighted by molar-refractivity contribution is 6.15. The van der Waals surface area contributed by atoms with Gasteiger partial charge in [-0.1, -0.05) is 88.7 Å². The van der Waals surface area contributed by atoms with Crippen LogP contribution in [0.5, 0.6) is 0 Å². The Bertz CT molecular complexity index is 942. The number of fused-ring (bicyclic) bond motifs is 3. The van der Waals surface area contributed by atoms with Gasteiger partial charge in [0, 0.05) is 6.08 Å². The van der Waals surface area contributed by atoms with Crippen molar-refractivity contribution in [2.45, 2.75) is 46.0 Å². The number of carbonyl (C=O) groups excluding carboxylic acids is 1. The Morgan fingerprint density at radius 1 is 1.13 bits per heavy atom. The first kappa shape index (κ1) is 24.1. The Kier molecular flexibility index (Phi) is 9.26. The molecule has 0 amide bonds. The molecule has 0 fully saturated rings. The minimum atomic E-state index is -0.959. The Labute approximate surface area is 185 Å². The molecular weight excluding hydrogens is 388 g/mol. The number of aliphatic carboxylic acids is 1. The number of carboxylic acids is 1. The van der Waals surface area contributed by atoms with Crippen LogP contribution in [0.15, 0.2) is 61.7 Å². The van der Waals surface area contributed by atoms with Gasteiger partial charge in [0.25, 0.3) is 0 Å². The van der Waals surface area contributed by atoms with E-state index in [1.165, 1.54) is 30.0 Å². The van der Waals surface area contributed by atoms with E-state index in [0.29, 0.717) is 12.5 Å². The second kappa shape index (κ2) is 11.9. The number of carbonyl (C=O) groups is 2. The summed E-state index contributed by atoms with van der Waals surface area (Å²) < 4.78 is 4.98. The topological polar surface area (TPSA) is 63.6 Å². The van der Waals surface area contributed by atoms with Gasteiger partial charge < -0.3 is 9.84 Å². The van der Waals surface area contributed by atoms with E-state index in [2.05, 4.69) is 39.1 Å². The standard InChI is InChI=1S/C16H12O2.C11H20O2/c1-10(16(17)18)12-7-4-8-14-13-6-3-2-5-11(13)9-15(12)14;1-4-7-8-10(5-2)9-13-11(12)6-3/h2-8H,1,9H2,(H,17,18);6,10H,3-5,7-9H2,1-2H3. The average molecular weight is 421 g/mol. The van der Waals surface area contributed by atoms with E-state index in [0.717, 1.165) is 36.0 Å². The molecule has 1 unspecified atom stereocenters. The van der Waals surface area contributed by atoms with Crippen LogP contribution in [0.4, 0.5) is 0 Å². The summed E-state index contributed by atoms with van der Waals surface area (Å²) in [5.74, 6) is -0.752. The normalized spacial score (nSPS) is 11.9. The third-order valence-electron chi connectivity index (χ3n) is 5.61. The van der Waals surface area contributed by atoms with E-state index in [4.69, 9.17) is 9.84 Å². The van der Waals surface area contributed by atoms with Crippen molar-refractivity contribution in [1.82, 2.24) is 0 Å². The lowest BCUT2D eigenvalue weighted by molar-refractivity contribution is -0.139. The van der Waals surface area contributed by atoms with E-state index < -0.39 is 5.97 Å². The van der Waals surface area contributed by atoms with E-state index >= 15 is 0 Å². The van der Waals surface area contributed by atoms with E-state index in [1.807, 2.05) is 30.3 Å². The van der Waals surface area contributed by atoms with Crippen LogP contribution in [0, 0.1) is 5.92 Å². The van der Waals surface area contributed by atoms with Crippen molar-refractivity contribution in [3.05, 3.63) is 78.4 Å². The Balaban J connectivity index is 0.000000235. The molecule has 2 aromatic carbocycles. The van der Waals surface area contributed by atoms with Gasteiger partial charge in [0.05, 0.1) is 12.2 Å². The molecule has 4 heteroatoms. The lowest BCUT2D eigenvalue weighted by Gasteiger charge is -2.13. The first-order chi connectivity index (χ1) is 14.9. The van der Waals surface area contributed by atoms with Crippen LogP contribution in [-0.2, 0) is 20.7 Å². The van der Waals surface area contributed by atoms with Gasteiger partial charge in [-0.05, 0) is 46.6 Å². The second-order valence-electron chi connectivity index (χ2n) is 7.70. The zero-order chi connectivity index (χ0) is 22.8. The van der Waals surface area contributed by atoms with Gasteiger partial charge in [0.15, 0.2) is 0 Å². The molecule has 0 aromatic heterocycles. The van der Waals surface area contributed by atoms with E-state index in [-0.39, 0.29) is 11.5 Å². The second-order valence-corrected chi connectivity index (χ2v) is 7.70. The first-order valence-electron chi connectivity index (χ1n) is 10.8. The highest BCUT2D eigenvalue weighted by Crippen LogP contribution is 2.39. The number of hydrogen-bond donors (Lipinski definition) is 1. The summed E-state index contributed by atoms with van der Waals surface area (Å²) in [4.78, 5) is 21.8. The highest BCUT2D eigenvalue weighted by Gasteiger charge is 2.22. The zero-order valence-corrected chi connectivity index (χ0v) is 18.5. The smallest absolute Gasteiger partial charge is 0.335 e. The molecule has 164 valence electrons. The summed E-state index contributed by atoms with van der Waals surface area (Å²) in [7, 11) is 0. The van der Waals surface area contributed by atoms with Crippen molar-refractivity contribution in [1.29, 1.82) is 0 Å². The minimum Gasteiger partial charge on any atom is -0.478 e. The molecule has 0 saturated carbocycles. The molecule has 0 heterocycles. The summed E-state index contributed by atoms with van der Waals surface area (Å²) in [5.41, 5.74) is 5.57. The van der Waals surface area contributed by atoms with Gasteiger partial charge in [-0.15, -0.1) is 0 Å². The van der Waals surface area contributed by atoms with Crippen LogP contribution in [0.3, 0.4) is 0 Å². The number of unbranched alkanes of at least 4 members (excludes halogenated alkanes) is 1. The Morgan fingerprint density at radius 2 is 1.84 bits per heavy atom. The van der Waals surface area contributed by atoms with Crippen LogP contribution in [0.2, 0.25) is 0 Å². The zero-order valence-electron chi connectivity index (χ0n) is 18.5. The van der Waals surface area contributed by atoms with Gasteiger partial charge in [0.1, 0.15) is 0 Å². The molecule has 0 radical (unpaired) electrons. The molecule has 0 saturated heterocycles. The van der Waals surface area contributed by atoms with Gasteiger partial charge in [0.2, 0.25) is 0 Å². The van der Waals surface area contributed by atoms with Gasteiger partial charge >= 0.3 is 11.9 Å². The Morgan fingerprint density at radius 3 is 2.48 bits per heavy atom. The largest absolute Gasteiger partial charge is 0.478 e. The number of carboxylic acid groups (broad SMARTS) is 1. The van der Waals surface area contributed by atoms with Crippen LogP contribution < -0.4 is 0 Å². The van der Waals surface area contributed by atoms with Crippen molar-refractivity contribution >= 4 is 17.5 Å². The Hall–Kier alpha value is -3.14. The summed E-state index contributed by atoms with van der Waals surface area (Å²) >= 11 is 0. The molecule has 0 aliphatic heterocycles. The van der Waals surface area contributed by atoms with Gasteiger partial charge in [-0.2, -0.15) is 0 Å². The molecule has 1 aliphatic carbocycles. The third-order valence-corrected chi connectivity index (χ3v) is 5.61. The highest BCUT2D eigenvalue weighted by atomic mass is 16.5. The average Bonchev–Trinajstić information content (AvgIpc) is 3.17. The molecule has 1 N–H and O–H groups in total. The SMILES string of the molecule is C=C(C(=O)O)c1cccc2c1Cc1ccccc1-2.C=CC(=O)OCC(CC)CCCC. The molecule has 31 heavy (non-hydrogen) atoms. The summed E-state index contributed by atoms with van der Waals surface area (Å²) in [5, 5.41) is 9.08. The van der Waals surface area contributed by atoms with E-state index in [9.17, 15) is 9.59 Å². The molecule has 4 nitrogen and oxygen atoms in total. The molecule has 1 aliphatic rings. The lowest BCUT2D eigenvalue weighted by atomic mass is 9.96. The first-order valence-corrected chi connectivity index (χ1v) is 10.8. The van der Waals surface area contributed by atoms with Crippen molar-refractivity contribution in [3.8, 4) is 11.1 Å². The van der Waals surface area contributed by atoms with Gasteiger partial charge in [-0.3, -0.25) is 0 Å². The monoisotopic (exact) mass is 420 g/mol. The van der Waals surface area contributed by atoms with Crippen LogP contribution >= 0.6 is 0 Å². The quantitative estimate of drug-likeness (QED) is 0.326. The van der Waals surface area contributed by atoms with Crippen molar-refractivity contribution < 1.29 is 19.4 Å². The maximum atomic E-state index is 11.1. The van der Waals surface area contributed by atoms with Gasteiger partial charge in [-0.25, -0.2) is 9.59 Å². The molecule has 0 bridgehead atoms. The van der Waals surface area contributed by atoms with E-state index in [1.54, 1.807) is 0 Å². The summed E-state index contributed by atoms with van der Waals surface area (Å²) in [6.07, 6.45) is 6.64. The number of esters is 1. The van der Waals surface area contributed by atoms with Crippen molar-refractivity contribution in [3.63, 3.8) is 0 Å².